The lowest BCUT2D eigenvalue weighted by Gasteiger charge is -2.29. The Morgan fingerprint density at radius 3 is 2.11 bits per heavy atom. The highest BCUT2D eigenvalue weighted by atomic mass is 79.9. The highest BCUT2D eigenvalue weighted by Crippen LogP contribution is 2.28. The first kappa shape index (κ1) is 16.0. The lowest BCUT2D eigenvalue weighted by Crippen LogP contribution is -2.31. The average Bonchev–Trinajstić information content (AvgIpc) is 2.26. The molecule has 0 unspecified atom stereocenters. The Morgan fingerprint density at radius 2 is 1.74 bits per heavy atom. The van der Waals surface area contributed by atoms with Crippen molar-refractivity contribution in [2.75, 3.05) is 18.0 Å². The van der Waals surface area contributed by atoms with Crippen LogP contribution in [0.2, 0.25) is 0 Å². The van der Waals surface area contributed by atoms with Gasteiger partial charge in [-0.3, -0.25) is 5.41 Å². The maximum absolute atomic E-state index is 7.48. The minimum Gasteiger partial charge on any atom is -0.384 e. The number of amidine groups is 1. The molecule has 0 aliphatic heterocycles. The van der Waals surface area contributed by atoms with Gasteiger partial charge in [0, 0.05) is 23.1 Å². The quantitative estimate of drug-likeness (QED) is 0.616. The molecule has 1 aromatic rings. The number of nitrogens with two attached hydrogens (primary N) is 1. The Hall–Kier alpha value is -1.03. The second-order valence-electron chi connectivity index (χ2n) is 5.77. The first-order chi connectivity index (χ1) is 8.81. The molecule has 0 heterocycles. The number of nitrogens with one attached hydrogen (secondary N) is 1. The van der Waals surface area contributed by atoms with Crippen molar-refractivity contribution in [2.24, 2.45) is 17.6 Å². The molecule has 3 N–H and O–H groups in total. The summed E-state index contributed by atoms with van der Waals surface area (Å²) in [4.78, 5) is 2.39. The second kappa shape index (κ2) is 6.94. The lowest BCUT2D eigenvalue weighted by molar-refractivity contribution is 0.552. The van der Waals surface area contributed by atoms with Gasteiger partial charge in [-0.25, -0.2) is 0 Å². The van der Waals surface area contributed by atoms with Gasteiger partial charge in [0.05, 0.1) is 5.69 Å². The van der Waals surface area contributed by atoms with Gasteiger partial charge in [0.25, 0.3) is 0 Å². The zero-order chi connectivity index (χ0) is 14.6. The number of rotatable bonds is 6. The van der Waals surface area contributed by atoms with E-state index in [2.05, 4.69) is 48.5 Å². The van der Waals surface area contributed by atoms with Crippen LogP contribution in [0.1, 0.15) is 33.3 Å². The molecule has 4 heteroatoms. The fourth-order valence-electron chi connectivity index (χ4n) is 2.08. The molecular weight excluding hydrogens is 302 g/mol. The third kappa shape index (κ3) is 4.86. The molecule has 106 valence electrons. The molecule has 0 fully saturated rings. The van der Waals surface area contributed by atoms with Crippen LogP contribution < -0.4 is 10.6 Å². The summed E-state index contributed by atoms with van der Waals surface area (Å²) in [6.45, 7) is 11.0. The summed E-state index contributed by atoms with van der Waals surface area (Å²) in [7, 11) is 0. The molecule has 0 aliphatic carbocycles. The SMILES string of the molecule is CC(C)CN(CC(C)C)c1ccc(C(=N)N)cc1Br. The molecule has 0 bridgehead atoms. The Kier molecular flexibility index (Phi) is 5.85. The molecule has 1 aromatic carbocycles. The molecule has 19 heavy (non-hydrogen) atoms. The molecule has 0 amide bonds. The minimum atomic E-state index is 0.103. The van der Waals surface area contributed by atoms with Gasteiger partial charge in [0.15, 0.2) is 0 Å². The summed E-state index contributed by atoms with van der Waals surface area (Å²) in [5.74, 6) is 1.32. The summed E-state index contributed by atoms with van der Waals surface area (Å²) >= 11 is 3.60. The third-order valence-corrected chi connectivity index (χ3v) is 3.41. The number of nitrogens with zero attached hydrogens (tertiary/aromatic N) is 1. The van der Waals surface area contributed by atoms with E-state index >= 15 is 0 Å². The van der Waals surface area contributed by atoms with Gasteiger partial charge < -0.3 is 10.6 Å². The summed E-state index contributed by atoms with van der Waals surface area (Å²) in [5.41, 5.74) is 7.45. The van der Waals surface area contributed by atoms with E-state index in [1.54, 1.807) is 0 Å². The average molecular weight is 326 g/mol. The van der Waals surface area contributed by atoms with E-state index in [1.807, 2.05) is 18.2 Å². The Bertz CT molecular complexity index is 431. The van der Waals surface area contributed by atoms with E-state index in [9.17, 15) is 0 Å². The Balaban J connectivity index is 3.04. The van der Waals surface area contributed by atoms with Crippen molar-refractivity contribution in [2.45, 2.75) is 27.7 Å². The van der Waals surface area contributed by atoms with Crippen LogP contribution in [0, 0.1) is 17.2 Å². The predicted molar refractivity (Wildman–Crippen MR) is 87.0 cm³/mol. The predicted octanol–water partition coefficient (Wildman–Crippen LogP) is 3.85. The molecule has 0 spiro atoms. The van der Waals surface area contributed by atoms with E-state index in [1.165, 1.54) is 5.69 Å². The zero-order valence-electron chi connectivity index (χ0n) is 12.2. The van der Waals surface area contributed by atoms with Crippen molar-refractivity contribution in [1.29, 1.82) is 5.41 Å². The molecule has 0 radical (unpaired) electrons. The summed E-state index contributed by atoms with van der Waals surface area (Å²) in [5, 5.41) is 7.48. The Labute approximate surface area is 124 Å². The normalized spacial score (nSPS) is 11.1. The fraction of sp³-hybridized carbons (Fsp3) is 0.533. The first-order valence-electron chi connectivity index (χ1n) is 6.70. The zero-order valence-corrected chi connectivity index (χ0v) is 13.8. The number of hydrogen-bond donors (Lipinski definition) is 2. The van der Waals surface area contributed by atoms with Crippen molar-refractivity contribution in [1.82, 2.24) is 0 Å². The number of hydrogen-bond acceptors (Lipinski definition) is 2. The Morgan fingerprint density at radius 1 is 1.21 bits per heavy atom. The van der Waals surface area contributed by atoms with Crippen LogP contribution >= 0.6 is 15.9 Å². The summed E-state index contributed by atoms with van der Waals surface area (Å²) < 4.78 is 1.00. The van der Waals surface area contributed by atoms with Gasteiger partial charge >= 0.3 is 0 Å². The molecule has 0 aliphatic rings. The standard InChI is InChI=1S/C15H24BrN3/c1-10(2)8-19(9-11(3)4)14-6-5-12(15(17)18)7-13(14)16/h5-7,10-11H,8-9H2,1-4H3,(H3,17,18). The highest BCUT2D eigenvalue weighted by Gasteiger charge is 2.14. The van der Waals surface area contributed by atoms with Crippen LogP contribution in [-0.4, -0.2) is 18.9 Å². The monoisotopic (exact) mass is 325 g/mol. The van der Waals surface area contributed by atoms with Crippen molar-refractivity contribution in [3.63, 3.8) is 0 Å². The van der Waals surface area contributed by atoms with Crippen molar-refractivity contribution in [3.05, 3.63) is 28.2 Å². The van der Waals surface area contributed by atoms with Crippen LogP contribution in [-0.2, 0) is 0 Å². The smallest absolute Gasteiger partial charge is 0.122 e. The number of anilines is 1. The first-order valence-corrected chi connectivity index (χ1v) is 7.49. The molecule has 0 saturated carbocycles. The van der Waals surface area contributed by atoms with Gasteiger partial charge in [-0.2, -0.15) is 0 Å². The van der Waals surface area contributed by atoms with Crippen molar-refractivity contribution < 1.29 is 0 Å². The molecule has 3 nitrogen and oxygen atoms in total. The van der Waals surface area contributed by atoms with Crippen LogP contribution in [0.3, 0.4) is 0 Å². The minimum absolute atomic E-state index is 0.103. The van der Waals surface area contributed by atoms with Crippen molar-refractivity contribution >= 4 is 27.5 Å². The highest BCUT2D eigenvalue weighted by molar-refractivity contribution is 9.10. The largest absolute Gasteiger partial charge is 0.384 e. The van der Waals surface area contributed by atoms with Crippen molar-refractivity contribution in [3.8, 4) is 0 Å². The molecule has 0 atom stereocenters. The van der Waals surface area contributed by atoms with Gasteiger partial charge in [-0.1, -0.05) is 27.7 Å². The van der Waals surface area contributed by atoms with E-state index in [4.69, 9.17) is 11.1 Å². The lowest BCUT2D eigenvalue weighted by atomic mass is 10.1. The number of halogens is 1. The maximum atomic E-state index is 7.48. The summed E-state index contributed by atoms with van der Waals surface area (Å²) in [6.07, 6.45) is 0. The van der Waals surface area contributed by atoms with Crippen LogP contribution in [0.5, 0.6) is 0 Å². The molecule has 0 saturated heterocycles. The van der Waals surface area contributed by atoms with E-state index < -0.39 is 0 Å². The second-order valence-corrected chi connectivity index (χ2v) is 6.63. The van der Waals surface area contributed by atoms with Gasteiger partial charge in [0.1, 0.15) is 5.84 Å². The third-order valence-electron chi connectivity index (χ3n) is 2.77. The molecule has 0 aromatic heterocycles. The van der Waals surface area contributed by atoms with Crippen LogP contribution in [0.25, 0.3) is 0 Å². The van der Waals surface area contributed by atoms with Crippen LogP contribution in [0.4, 0.5) is 5.69 Å². The van der Waals surface area contributed by atoms with Gasteiger partial charge in [-0.05, 0) is 46.0 Å². The van der Waals surface area contributed by atoms with Gasteiger partial charge in [0.2, 0.25) is 0 Å². The van der Waals surface area contributed by atoms with Gasteiger partial charge in [-0.15, -0.1) is 0 Å². The number of benzene rings is 1. The molecular formula is C15H24BrN3. The van der Waals surface area contributed by atoms with E-state index in [0.29, 0.717) is 11.8 Å². The van der Waals surface area contributed by atoms with Crippen LogP contribution in [0.15, 0.2) is 22.7 Å². The number of nitrogen functional groups attached to an aromatic ring is 1. The van der Waals surface area contributed by atoms with E-state index in [-0.39, 0.29) is 5.84 Å². The van der Waals surface area contributed by atoms with E-state index in [0.717, 1.165) is 23.1 Å². The fourth-order valence-corrected chi connectivity index (χ4v) is 2.71. The molecule has 1 rings (SSSR count). The maximum Gasteiger partial charge on any atom is 0.122 e. The summed E-state index contributed by atoms with van der Waals surface area (Å²) in [6, 6.07) is 5.88. The topological polar surface area (TPSA) is 53.1 Å².